The van der Waals surface area contributed by atoms with E-state index in [9.17, 15) is 39.8 Å². The third-order valence-electron chi connectivity index (χ3n) is 11.7. The predicted molar refractivity (Wildman–Crippen MR) is 258 cm³/mol. The summed E-state index contributed by atoms with van der Waals surface area (Å²) < 4.78 is 34.3. The maximum Gasteiger partial charge on any atom is 0.472 e. The first-order chi connectivity index (χ1) is 31.0. The summed E-state index contributed by atoms with van der Waals surface area (Å²) in [6.45, 7) is 4.14. The summed E-state index contributed by atoms with van der Waals surface area (Å²) >= 11 is 0. The zero-order valence-corrected chi connectivity index (χ0v) is 41.0. The molecule has 0 spiro atoms. The Hall–Kier alpha value is -1.70. The minimum absolute atomic E-state index is 0.0850. The van der Waals surface area contributed by atoms with Gasteiger partial charge in [0.25, 0.3) is 0 Å². The molecular formula is C51H93O12P. The van der Waals surface area contributed by atoms with Gasteiger partial charge in [0.15, 0.2) is 0 Å². The molecule has 1 rings (SSSR count). The van der Waals surface area contributed by atoms with Gasteiger partial charge in [-0.1, -0.05) is 178 Å². The van der Waals surface area contributed by atoms with E-state index in [1.165, 1.54) is 109 Å². The first kappa shape index (κ1) is 60.3. The molecule has 0 bridgehead atoms. The Labute approximate surface area is 388 Å². The summed E-state index contributed by atoms with van der Waals surface area (Å²) in [5, 5.41) is 50.3. The van der Waals surface area contributed by atoms with Crippen LogP contribution in [0, 0.1) is 0 Å². The Kier molecular flexibility index (Phi) is 39.1. The summed E-state index contributed by atoms with van der Waals surface area (Å²) in [6, 6.07) is 0. The van der Waals surface area contributed by atoms with Crippen molar-refractivity contribution in [1.29, 1.82) is 0 Å². The van der Waals surface area contributed by atoms with Crippen molar-refractivity contribution in [2.75, 3.05) is 19.8 Å². The molecule has 0 aliphatic heterocycles. The number of rotatable bonds is 43. The third kappa shape index (κ3) is 32.9. The lowest BCUT2D eigenvalue weighted by atomic mass is 9.85. The second kappa shape index (κ2) is 41.5. The van der Waals surface area contributed by atoms with Gasteiger partial charge >= 0.3 is 13.8 Å². The van der Waals surface area contributed by atoms with E-state index in [1.54, 1.807) is 0 Å². The lowest BCUT2D eigenvalue weighted by molar-refractivity contribution is -0.220. The molecule has 1 fully saturated rings. The number of phosphoric acid groups is 1. The van der Waals surface area contributed by atoms with Gasteiger partial charge in [0.2, 0.25) is 0 Å². The molecule has 0 amide bonds. The van der Waals surface area contributed by atoms with Crippen LogP contribution in [0.2, 0.25) is 0 Å². The van der Waals surface area contributed by atoms with Gasteiger partial charge in [-0.25, -0.2) is 4.57 Å². The first-order valence-corrected chi connectivity index (χ1v) is 27.0. The molecule has 13 heteroatoms. The van der Waals surface area contributed by atoms with E-state index >= 15 is 0 Å². The second-order valence-corrected chi connectivity index (χ2v) is 19.0. The Morgan fingerprint density at radius 1 is 0.516 bits per heavy atom. The minimum atomic E-state index is -5.03. The highest BCUT2D eigenvalue weighted by Crippen LogP contribution is 2.47. The number of unbranched alkanes of at least 4 members (excludes halogenated alkanes) is 23. The fourth-order valence-electron chi connectivity index (χ4n) is 7.66. The van der Waals surface area contributed by atoms with Crippen molar-refractivity contribution in [2.45, 2.75) is 249 Å². The maximum atomic E-state index is 12.8. The fraction of sp³-hybridized carbons (Fsp3) is 0.824. The van der Waals surface area contributed by atoms with Crippen LogP contribution in [0.1, 0.15) is 206 Å². The first-order valence-electron chi connectivity index (χ1n) is 25.5. The molecule has 0 saturated heterocycles. The molecule has 1 saturated carbocycles. The zero-order valence-electron chi connectivity index (χ0n) is 40.1. The second-order valence-electron chi connectivity index (χ2n) is 17.6. The summed E-state index contributed by atoms with van der Waals surface area (Å²) in [6.07, 6.45) is 39.0. The van der Waals surface area contributed by atoms with Crippen molar-refractivity contribution in [3.8, 4) is 0 Å². The van der Waals surface area contributed by atoms with Gasteiger partial charge in [-0.3, -0.25) is 13.8 Å². The number of carbonyl (C=O) groups excluding carboxylic acids is 1. The lowest BCUT2D eigenvalue weighted by Gasteiger charge is -2.41. The molecule has 64 heavy (non-hydrogen) atoms. The van der Waals surface area contributed by atoms with Crippen LogP contribution >= 0.6 is 7.82 Å². The molecule has 1 aliphatic rings. The maximum absolute atomic E-state index is 12.8. The summed E-state index contributed by atoms with van der Waals surface area (Å²) in [5.74, 6) is -0.494. The Morgan fingerprint density at radius 2 is 0.922 bits per heavy atom. The average Bonchev–Trinajstić information content (AvgIpc) is 3.28. The molecule has 0 radical (unpaired) electrons. The Bertz CT molecular complexity index is 1240. The molecule has 0 aromatic heterocycles. The molecule has 374 valence electrons. The van der Waals surface area contributed by atoms with Crippen LogP contribution in [0.3, 0.4) is 0 Å². The smallest absolute Gasteiger partial charge is 0.457 e. The normalized spacial score (nSPS) is 22.1. The number of esters is 1. The quantitative estimate of drug-likeness (QED) is 0.0147. The van der Waals surface area contributed by atoms with Gasteiger partial charge < -0.3 is 39.9 Å². The predicted octanol–water partition coefficient (Wildman–Crippen LogP) is 11.2. The summed E-state index contributed by atoms with van der Waals surface area (Å²) in [4.78, 5) is 23.2. The highest BCUT2D eigenvalue weighted by Gasteiger charge is 2.51. The highest BCUT2D eigenvalue weighted by atomic mass is 31.2. The van der Waals surface area contributed by atoms with E-state index in [2.05, 4.69) is 62.5 Å². The molecule has 12 nitrogen and oxygen atoms in total. The van der Waals surface area contributed by atoms with Crippen LogP contribution in [0.25, 0.3) is 0 Å². The van der Waals surface area contributed by atoms with Crippen LogP contribution in [-0.2, 0) is 27.9 Å². The molecule has 0 aromatic carbocycles. The highest BCUT2D eigenvalue weighted by molar-refractivity contribution is 7.47. The molecule has 1 aliphatic carbocycles. The van der Waals surface area contributed by atoms with Crippen molar-refractivity contribution >= 4 is 13.8 Å². The molecule has 0 aromatic rings. The van der Waals surface area contributed by atoms with E-state index in [1.807, 2.05) is 0 Å². The van der Waals surface area contributed by atoms with Crippen molar-refractivity contribution in [1.82, 2.24) is 0 Å². The standard InChI is InChI=1S/C51H93O12P/c1-3-5-7-9-11-13-15-17-19-20-21-22-23-24-25-27-29-31-33-35-37-39-41-60-42-44(43-61-64(58,59)63-51-49(56)47(54)46(53)48(55)50(51)57)62-45(52)40-38-36-34-32-30-28-26-18-16-14-12-10-8-6-4-2/h6,8,12,14,18,20-21,26,44,46-51,53-57H,3-5,7,9-11,13,15-17,19,22-25,27-43H2,1-2H3,(H,58,59)/b8-6-,14-12-,21-20-,26-18-. The minimum Gasteiger partial charge on any atom is -0.457 e. The van der Waals surface area contributed by atoms with Crippen molar-refractivity contribution in [3.63, 3.8) is 0 Å². The number of phosphoric ester groups is 1. The monoisotopic (exact) mass is 929 g/mol. The van der Waals surface area contributed by atoms with Crippen LogP contribution in [0.15, 0.2) is 48.6 Å². The van der Waals surface area contributed by atoms with Gasteiger partial charge in [-0.05, 0) is 70.6 Å². The third-order valence-corrected chi connectivity index (χ3v) is 12.7. The molecular weight excluding hydrogens is 836 g/mol. The van der Waals surface area contributed by atoms with E-state index in [0.717, 1.165) is 70.6 Å². The van der Waals surface area contributed by atoms with Gasteiger partial charge in [0, 0.05) is 13.0 Å². The summed E-state index contributed by atoms with van der Waals surface area (Å²) in [5.41, 5.74) is 0. The van der Waals surface area contributed by atoms with Crippen molar-refractivity contribution < 1.29 is 58.3 Å². The largest absolute Gasteiger partial charge is 0.472 e. The average molecular weight is 929 g/mol. The van der Waals surface area contributed by atoms with E-state index < -0.39 is 63.1 Å². The van der Waals surface area contributed by atoms with Crippen LogP contribution < -0.4 is 0 Å². The van der Waals surface area contributed by atoms with E-state index in [0.29, 0.717) is 13.0 Å². The topological polar surface area (TPSA) is 192 Å². The van der Waals surface area contributed by atoms with Gasteiger partial charge in [0.1, 0.15) is 42.7 Å². The number of hydrogen-bond donors (Lipinski definition) is 6. The van der Waals surface area contributed by atoms with Gasteiger partial charge in [0.05, 0.1) is 13.2 Å². The Balaban J connectivity index is 2.33. The molecule has 6 unspecified atom stereocenters. The van der Waals surface area contributed by atoms with Crippen LogP contribution in [0.5, 0.6) is 0 Å². The number of aliphatic hydroxyl groups excluding tert-OH is 5. The zero-order chi connectivity index (χ0) is 46.9. The van der Waals surface area contributed by atoms with E-state index in [4.69, 9.17) is 18.5 Å². The number of ether oxygens (including phenoxy) is 2. The van der Waals surface area contributed by atoms with Crippen LogP contribution in [0.4, 0.5) is 0 Å². The SMILES string of the molecule is CC/C=C\C/C=C\C/C=C\CCCCCCCC(=O)OC(COCCCCCCCCCCCC/C=C\CCCCCCCCCC)COP(=O)(O)OC1C(O)C(O)C(O)C(O)C1O. The van der Waals surface area contributed by atoms with Gasteiger partial charge in [-0.15, -0.1) is 0 Å². The molecule has 0 heterocycles. The van der Waals surface area contributed by atoms with E-state index in [-0.39, 0.29) is 13.0 Å². The van der Waals surface area contributed by atoms with Crippen molar-refractivity contribution in [3.05, 3.63) is 48.6 Å². The lowest BCUT2D eigenvalue weighted by Crippen LogP contribution is -2.64. The Morgan fingerprint density at radius 3 is 1.42 bits per heavy atom. The fourth-order valence-corrected chi connectivity index (χ4v) is 8.63. The van der Waals surface area contributed by atoms with Gasteiger partial charge in [-0.2, -0.15) is 0 Å². The van der Waals surface area contributed by atoms with Crippen molar-refractivity contribution in [2.24, 2.45) is 0 Å². The molecule has 6 atom stereocenters. The number of aliphatic hydroxyl groups is 5. The number of allylic oxidation sites excluding steroid dienone is 8. The van der Waals surface area contributed by atoms with Crippen LogP contribution in [-0.4, -0.2) is 98.9 Å². The number of hydrogen-bond acceptors (Lipinski definition) is 11. The number of carbonyl (C=O) groups is 1. The molecule has 6 N–H and O–H groups in total. The summed E-state index contributed by atoms with van der Waals surface area (Å²) in [7, 11) is -5.03.